The van der Waals surface area contributed by atoms with E-state index in [-0.39, 0.29) is 11.0 Å². The first-order valence-corrected chi connectivity index (χ1v) is 5.12. The molecule has 0 amide bonds. The van der Waals surface area contributed by atoms with Gasteiger partial charge < -0.3 is 10.1 Å². The molecule has 0 aliphatic rings. The van der Waals surface area contributed by atoms with Crippen molar-refractivity contribution in [2.75, 3.05) is 12.4 Å². The molecule has 2 aromatic rings. The van der Waals surface area contributed by atoms with E-state index >= 15 is 0 Å². The molecule has 1 heterocycles. The summed E-state index contributed by atoms with van der Waals surface area (Å²) in [6, 6.07) is 6.67. The Kier molecular flexibility index (Phi) is 3.39. The van der Waals surface area contributed by atoms with Gasteiger partial charge in [0.25, 0.3) is 0 Å². The molecule has 1 aromatic heterocycles. The van der Waals surface area contributed by atoms with Gasteiger partial charge in [-0.2, -0.15) is 4.98 Å². The topological polar surface area (TPSA) is 47.0 Å². The van der Waals surface area contributed by atoms with Crippen molar-refractivity contribution in [2.24, 2.45) is 0 Å². The van der Waals surface area contributed by atoms with Crippen LogP contribution in [0.25, 0.3) is 0 Å². The molecule has 0 fully saturated rings. The average Bonchev–Trinajstić information content (AvgIpc) is 2.31. The van der Waals surface area contributed by atoms with Crippen LogP contribution < -0.4 is 10.1 Å². The van der Waals surface area contributed by atoms with E-state index in [4.69, 9.17) is 16.3 Å². The number of rotatable bonds is 3. The molecule has 0 atom stereocenters. The minimum Gasteiger partial charge on any atom is -0.451 e. The van der Waals surface area contributed by atoms with Crippen LogP contribution in [0.2, 0.25) is 5.28 Å². The average molecular weight is 253 g/mol. The quantitative estimate of drug-likeness (QED) is 0.854. The van der Waals surface area contributed by atoms with Crippen LogP contribution in [-0.4, -0.2) is 17.0 Å². The summed E-state index contributed by atoms with van der Waals surface area (Å²) in [6.07, 6.45) is 1.40. The number of anilines is 1. The lowest BCUT2D eigenvalue weighted by Crippen LogP contribution is -1.98. The molecule has 1 N–H and O–H groups in total. The second-order valence-electron chi connectivity index (χ2n) is 3.08. The number of benzene rings is 1. The summed E-state index contributed by atoms with van der Waals surface area (Å²) in [5, 5.41) is 2.90. The highest BCUT2D eigenvalue weighted by atomic mass is 35.5. The van der Waals surface area contributed by atoms with Crippen LogP contribution >= 0.6 is 11.6 Å². The fourth-order valence-electron chi connectivity index (χ4n) is 1.20. The highest BCUT2D eigenvalue weighted by molar-refractivity contribution is 6.28. The standard InChI is InChI=1S/C11H8ClFN3O/c1-14-10-9(6-15-11(12)16-10)17-8-4-2-3-7(13)5-8/h2-3,5-6H,1H3,(H,14,15,16). The van der Waals surface area contributed by atoms with Gasteiger partial charge in [-0.1, -0.05) is 0 Å². The summed E-state index contributed by atoms with van der Waals surface area (Å²) in [6.45, 7) is 0. The second kappa shape index (κ2) is 4.97. The summed E-state index contributed by atoms with van der Waals surface area (Å²) in [5.74, 6) is 0.605. The minimum atomic E-state index is -0.403. The van der Waals surface area contributed by atoms with Crippen molar-refractivity contribution in [3.8, 4) is 11.5 Å². The van der Waals surface area contributed by atoms with Crippen LogP contribution in [-0.2, 0) is 0 Å². The van der Waals surface area contributed by atoms with Crippen molar-refractivity contribution >= 4 is 17.4 Å². The SMILES string of the molecule is CNc1nc(Cl)ncc1Oc1[c]ccc(F)c1. The zero-order valence-corrected chi connectivity index (χ0v) is 9.62. The number of hydrogen-bond acceptors (Lipinski definition) is 4. The van der Waals surface area contributed by atoms with Gasteiger partial charge in [-0.15, -0.1) is 0 Å². The zero-order chi connectivity index (χ0) is 12.3. The van der Waals surface area contributed by atoms with Gasteiger partial charge >= 0.3 is 0 Å². The van der Waals surface area contributed by atoms with Gasteiger partial charge in [0.1, 0.15) is 11.6 Å². The lowest BCUT2D eigenvalue weighted by Gasteiger charge is -2.09. The van der Waals surface area contributed by atoms with Crippen molar-refractivity contribution in [3.05, 3.63) is 41.6 Å². The second-order valence-corrected chi connectivity index (χ2v) is 3.41. The highest BCUT2D eigenvalue weighted by Crippen LogP contribution is 2.27. The van der Waals surface area contributed by atoms with E-state index in [0.717, 1.165) is 0 Å². The Labute approximate surface area is 102 Å². The predicted molar refractivity (Wildman–Crippen MR) is 61.9 cm³/mol. The summed E-state index contributed by atoms with van der Waals surface area (Å²) in [4.78, 5) is 7.71. The van der Waals surface area contributed by atoms with Gasteiger partial charge in [0, 0.05) is 19.2 Å². The molecule has 6 heteroatoms. The summed E-state index contributed by atoms with van der Waals surface area (Å²) in [5.41, 5.74) is 0. The van der Waals surface area contributed by atoms with E-state index in [1.54, 1.807) is 7.05 Å². The first-order valence-electron chi connectivity index (χ1n) is 4.74. The van der Waals surface area contributed by atoms with Crippen LogP contribution in [0.15, 0.2) is 24.4 Å². The molecule has 87 valence electrons. The molecule has 0 bridgehead atoms. The maximum atomic E-state index is 12.9. The van der Waals surface area contributed by atoms with Crippen LogP contribution in [0.5, 0.6) is 11.5 Å². The third kappa shape index (κ3) is 2.82. The number of nitrogens with one attached hydrogen (secondary N) is 1. The van der Waals surface area contributed by atoms with Gasteiger partial charge in [0.15, 0.2) is 11.6 Å². The molecule has 4 nitrogen and oxygen atoms in total. The molecule has 0 saturated heterocycles. The normalized spacial score (nSPS) is 10.1. The molecule has 0 spiro atoms. The molecule has 0 aliphatic heterocycles. The smallest absolute Gasteiger partial charge is 0.224 e. The summed E-state index contributed by atoms with van der Waals surface area (Å²) in [7, 11) is 1.67. The number of halogens is 2. The fraction of sp³-hybridized carbons (Fsp3) is 0.0909. The van der Waals surface area contributed by atoms with Gasteiger partial charge in [-0.25, -0.2) is 9.37 Å². The summed E-state index contributed by atoms with van der Waals surface area (Å²) >= 11 is 5.64. The Morgan fingerprint density at radius 1 is 1.53 bits per heavy atom. The number of hydrogen-bond donors (Lipinski definition) is 1. The number of aromatic nitrogens is 2. The largest absolute Gasteiger partial charge is 0.451 e. The Morgan fingerprint density at radius 3 is 3.06 bits per heavy atom. The monoisotopic (exact) mass is 252 g/mol. The Bertz CT molecular complexity index is 536. The van der Waals surface area contributed by atoms with E-state index < -0.39 is 5.82 Å². The summed E-state index contributed by atoms with van der Waals surface area (Å²) < 4.78 is 18.3. The number of nitrogens with zero attached hydrogens (tertiary/aromatic N) is 2. The predicted octanol–water partition coefficient (Wildman–Crippen LogP) is 2.90. The van der Waals surface area contributed by atoms with Crippen LogP contribution in [0.3, 0.4) is 0 Å². The minimum absolute atomic E-state index is 0.102. The lowest BCUT2D eigenvalue weighted by atomic mass is 10.3. The first-order chi connectivity index (χ1) is 8.19. The number of ether oxygens (including phenoxy) is 1. The third-order valence-corrected chi connectivity index (χ3v) is 2.10. The molecule has 0 saturated carbocycles. The van der Waals surface area contributed by atoms with Gasteiger partial charge in [-0.05, 0) is 23.7 Å². The van der Waals surface area contributed by atoms with Crippen molar-refractivity contribution in [1.29, 1.82) is 0 Å². The first kappa shape index (κ1) is 11.6. The van der Waals surface area contributed by atoms with E-state index in [0.29, 0.717) is 11.6 Å². The van der Waals surface area contributed by atoms with Crippen molar-refractivity contribution in [1.82, 2.24) is 9.97 Å². The van der Waals surface area contributed by atoms with E-state index in [9.17, 15) is 4.39 Å². The van der Waals surface area contributed by atoms with Crippen molar-refractivity contribution in [2.45, 2.75) is 0 Å². The molecular weight excluding hydrogens is 245 g/mol. The van der Waals surface area contributed by atoms with Gasteiger partial charge in [0.2, 0.25) is 5.28 Å². The van der Waals surface area contributed by atoms with Gasteiger partial charge in [-0.3, -0.25) is 0 Å². The molecule has 1 radical (unpaired) electrons. The van der Waals surface area contributed by atoms with Crippen molar-refractivity contribution < 1.29 is 9.13 Å². The van der Waals surface area contributed by atoms with Crippen molar-refractivity contribution in [3.63, 3.8) is 0 Å². The molecule has 17 heavy (non-hydrogen) atoms. The highest BCUT2D eigenvalue weighted by Gasteiger charge is 2.07. The molecule has 1 aromatic carbocycles. The third-order valence-electron chi connectivity index (χ3n) is 1.92. The van der Waals surface area contributed by atoms with Crippen LogP contribution in [0, 0.1) is 11.9 Å². The molecule has 0 aliphatic carbocycles. The van der Waals surface area contributed by atoms with E-state index in [1.807, 2.05) is 0 Å². The van der Waals surface area contributed by atoms with Gasteiger partial charge in [0.05, 0.1) is 6.20 Å². The molecule has 0 unspecified atom stereocenters. The maximum Gasteiger partial charge on any atom is 0.224 e. The Hall–Kier alpha value is -1.88. The Morgan fingerprint density at radius 2 is 2.35 bits per heavy atom. The van der Waals surface area contributed by atoms with Crippen LogP contribution in [0.4, 0.5) is 10.2 Å². The van der Waals surface area contributed by atoms with E-state index in [2.05, 4.69) is 21.4 Å². The Balaban J connectivity index is 2.29. The molecular formula is C11H8ClFN3O. The zero-order valence-electron chi connectivity index (χ0n) is 8.87. The van der Waals surface area contributed by atoms with E-state index in [1.165, 1.54) is 24.4 Å². The fourth-order valence-corrected chi connectivity index (χ4v) is 1.33. The lowest BCUT2D eigenvalue weighted by molar-refractivity contribution is 0.473. The van der Waals surface area contributed by atoms with Crippen LogP contribution in [0.1, 0.15) is 0 Å². The molecule has 2 rings (SSSR count). The maximum absolute atomic E-state index is 12.9.